The molecule has 0 spiro atoms. The Morgan fingerprint density at radius 1 is 1.06 bits per heavy atom. The van der Waals surface area contributed by atoms with E-state index in [0.717, 1.165) is 6.07 Å². The number of carbonyl (C=O) groups excluding carboxylic acids is 3. The molecule has 11 heteroatoms. The van der Waals surface area contributed by atoms with Gasteiger partial charge in [0.15, 0.2) is 0 Å². The minimum absolute atomic E-state index is 0.0505. The van der Waals surface area contributed by atoms with Gasteiger partial charge in [0.2, 0.25) is 0 Å². The lowest BCUT2D eigenvalue weighted by Gasteiger charge is -2.26. The lowest BCUT2D eigenvalue weighted by atomic mass is 10.1. The summed E-state index contributed by atoms with van der Waals surface area (Å²) in [4.78, 5) is 48.5. The lowest BCUT2D eigenvalue weighted by molar-refractivity contribution is -0.384. The van der Waals surface area contributed by atoms with Crippen molar-refractivity contribution in [2.45, 2.75) is 6.61 Å². The molecule has 176 valence electrons. The van der Waals surface area contributed by atoms with Crippen molar-refractivity contribution in [1.29, 1.82) is 0 Å². The van der Waals surface area contributed by atoms with E-state index in [-0.39, 0.29) is 23.6 Å². The first kappa shape index (κ1) is 23.8. The Kier molecular flexibility index (Phi) is 6.69. The zero-order valence-electron chi connectivity index (χ0n) is 17.7. The van der Waals surface area contributed by atoms with Crippen LogP contribution in [0.2, 0.25) is 0 Å². The van der Waals surface area contributed by atoms with Gasteiger partial charge in [0.1, 0.15) is 23.7 Å². The smallest absolute Gasteiger partial charge is 0.336 e. The van der Waals surface area contributed by atoms with Crippen molar-refractivity contribution in [2.75, 3.05) is 4.90 Å². The quantitative estimate of drug-likeness (QED) is 0.209. The molecule has 0 aromatic heterocycles. The van der Waals surface area contributed by atoms with Crippen molar-refractivity contribution in [3.05, 3.63) is 104 Å². The standard InChI is InChI=1S/C24H15BrFN3O6/c25-18-12-14(8-9-21(18)35-13-15-4-3-5-16(10-15)29(33)34)11-17-22(30)27-24(32)28(23(17)31)20-7-2-1-6-19(20)26/h1-12H,13H2,(H,27,30,32)/b17-11-. The van der Waals surface area contributed by atoms with Crippen molar-refractivity contribution in [3.63, 3.8) is 0 Å². The summed E-state index contributed by atoms with van der Waals surface area (Å²) < 4.78 is 20.4. The third kappa shape index (κ3) is 5.09. The van der Waals surface area contributed by atoms with E-state index in [2.05, 4.69) is 15.9 Å². The van der Waals surface area contributed by atoms with E-state index in [4.69, 9.17) is 4.74 Å². The van der Waals surface area contributed by atoms with Crippen LogP contribution in [-0.2, 0) is 16.2 Å². The van der Waals surface area contributed by atoms with Crippen LogP contribution in [0.5, 0.6) is 5.75 Å². The van der Waals surface area contributed by atoms with Crippen LogP contribution >= 0.6 is 15.9 Å². The number of nitrogens with zero attached hydrogens (tertiary/aromatic N) is 2. The van der Waals surface area contributed by atoms with E-state index in [1.807, 2.05) is 5.32 Å². The Morgan fingerprint density at radius 3 is 2.54 bits per heavy atom. The number of benzene rings is 3. The van der Waals surface area contributed by atoms with Crippen LogP contribution in [0.1, 0.15) is 11.1 Å². The molecule has 0 radical (unpaired) electrons. The van der Waals surface area contributed by atoms with E-state index < -0.39 is 28.6 Å². The third-order valence-corrected chi connectivity index (χ3v) is 5.60. The molecule has 1 heterocycles. The molecule has 0 bridgehead atoms. The van der Waals surface area contributed by atoms with Gasteiger partial charge in [0.25, 0.3) is 17.5 Å². The zero-order chi connectivity index (χ0) is 25.1. The second-order valence-electron chi connectivity index (χ2n) is 7.31. The van der Waals surface area contributed by atoms with Gasteiger partial charge < -0.3 is 4.74 Å². The van der Waals surface area contributed by atoms with Crippen molar-refractivity contribution >= 4 is 51.2 Å². The molecule has 1 saturated heterocycles. The van der Waals surface area contributed by atoms with E-state index in [1.54, 1.807) is 30.3 Å². The molecule has 4 rings (SSSR count). The second kappa shape index (κ2) is 9.85. The fourth-order valence-corrected chi connectivity index (χ4v) is 3.83. The van der Waals surface area contributed by atoms with E-state index in [9.17, 15) is 28.9 Å². The van der Waals surface area contributed by atoms with Crippen molar-refractivity contribution < 1.29 is 28.4 Å². The number of urea groups is 1. The normalized spacial score (nSPS) is 14.7. The molecule has 1 fully saturated rings. The number of nitrogens with one attached hydrogen (secondary N) is 1. The Bertz CT molecular complexity index is 1410. The Hall–Kier alpha value is -4.38. The van der Waals surface area contributed by atoms with Gasteiger partial charge in [0.05, 0.1) is 15.1 Å². The zero-order valence-corrected chi connectivity index (χ0v) is 19.3. The number of ether oxygens (including phenoxy) is 1. The van der Waals surface area contributed by atoms with Gasteiger partial charge in [0, 0.05) is 12.1 Å². The molecular weight excluding hydrogens is 525 g/mol. The maximum Gasteiger partial charge on any atom is 0.336 e. The van der Waals surface area contributed by atoms with Gasteiger partial charge in [-0.25, -0.2) is 14.1 Å². The molecule has 1 aliphatic rings. The fourth-order valence-electron chi connectivity index (χ4n) is 3.32. The molecule has 0 atom stereocenters. The van der Waals surface area contributed by atoms with Gasteiger partial charge >= 0.3 is 6.03 Å². The Morgan fingerprint density at radius 2 is 1.83 bits per heavy atom. The number of hydrogen-bond acceptors (Lipinski definition) is 6. The summed E-state index contributed by atoms with van der Waals surface area (Å²) in [6.07, 6.45) is 1.27. The van der Waals surface area contributed by atoms with Gasteiger partial charge in [-0.15, -0.1) is 0 Å². The molecule has 3 aromatic rings. The number of amides is 4. The van der Waals surface area contributed by atoms with Crippen LogP contribution in [0.15, 0.2) is 76.8 Å². The van der Waals surface area contributed by atoms with Gasteiger partial charge in [-0.3, -0.25) is 25.0 Å². The number of non-ortho nitro benzene ring substituents is 1. The predicted molar refractivity (Wildman–Crippen MR) is 127 cm³/mol. The molecule has 1 N–H and O–H groups in total. The van der Waals surface area contributed by atoms with Gasteiger partial charge in [-0.1, -0.05) is 30.3 Å². The highest BCUT2D eigenvalue weighted by Crippen LogP contribution is 2.29. The van der Waals surface area contributed by atoms with Gasteiger partial charge in [-0.05, 0) is 57.4 Å². The van der Waals surface area contributed by atoms with Crippen LogP contribution in [0.25, 0.3) is 6.08 Å². The third-order valence-electron chi connectivity index (χ3n) is 4.98. The summed E-state index contributed by atoms with van der Waals surface area (Å²) >= 11 is 3.36. The number of anilines is 1. The van der Waals surface area contributed by atoms with Crippen molar-refractivity contribution in [2.24, 2.45) is 0 Å². The van der Waals surface area contributed by atoms with Crippen LogP contribution < -0.4 is 15.0 Å². The Labute approximate surface area is 206 Å². The highest BCUT2D eigenvalue weighted by Gasteiger charge is 2.37. The monoisotopic (exact) mass is 539 g/mol. The highest BCUT2D eigenvalue weighted by molar-refractivity contribution is 9.10. The minimum Gasteiger partial charge on any atom is -0.488 e. The van der Waals surface area contributed by atoms with Crippen LogP contribution in [0.3, 0.4) is 0 Å². The summed E-state index contributed by atoms with van der Waals surface area (Å²) in [6.45, 7) is 0.0708. The average molecular weight is 540 g/mol. The largest absolute Gasteiger partial charge is 0.488 e. The number of para-hydroxylation sites is 1. The number of nitro benzene ring substituents is 1. The fraction of sp³-hybridized carbons (Fsp3) is 0.0417. The molecule has 0 aliphatic carbocycles. The number of rotatable bonds is 6. The average Bonchev–Trinajstić information content (AvgIpc) is 2.82. The number of carbonyl (C=O) groups is 3. The second-order valence-corrected chi connectivity index (χ2v) is 8.17. The maximum atomic E-state index is 14.2. The number of nitro groups is 1. The van der Waals surface area contributed by atoms with Crippen LogP contribution in [0, 0.1) is 15.9 Å². The summed E-state index contributed by atoms with van der Waals surface area (Å²) in [7, 11) is 0. The predicted octanol–water partition coefficient (Wildman–Crippen LogP) is 4.74. The number of imide groups is 2. The maximum absolute atomic E-state index is 14.2. The summed E-state index contributed by atoms with van der Waals surface area (Å²) in [5.41, 5.74) is 0.343. The Balaban J connectivity index is 1.55. The molecule has 1 aliphatic heterocycles. The van der Waals surface area contributed by atoms with E-state index in [1.165, 1.54) is 36.4 Å². The first-order chi connectivity index (χ1) is 16.7. The summed E-state index contributed by atoms with van der Waals surface area (Å²) in [6, 6.07) is 14.9. The highest BCUT2D eigenvalue weighted by atomic mass is 79.9. The molecular formula is C24H15BrFN3O6. The summed E-state index contributed by atoms with van der Waals surface area (Å²) in [5, 5.41) is 13.0. The lowest BCUT2D eigenvalue weighted by Crippen LogP contribution is -2.54. The first-order valence-corrected chi connectivity index (χ1v) is 10.9. The molecule has 9 nitrogen and oxygen atoms in total. The molecule has 0 saturated carbocycles. The number of hydrogen-bond donors (Lipinski definition) is 1. The number of barbiturate groups is 1. The van der Waals surface area contributed by atoms with E-state index in [0.29, 0.717) is 26.2 Å². The topological polar surface area (TPSA) is 119 Å². The molecule has 4 amide bonds. The van der Waals surface area contributed by atoms with E-state index >= 15 is 0 Å². The van der Waals surface area contributed by atoms with Crippen molar-refractivity contribution in [3.8, 4) is 5.75 Å². The first-order valence-electron chi connectivity index (χ1n) is 10.1. The molecule has 3 aromatic carbocycles. The van der Waals surface area contributed by atoms with Crippen LogP contribution in [0.4, 0.5) is 20.6 Å². The number of halogens is 2. The minimum atomic E-state index is -1.05. The molecule has 0 unspecified atom stereocenters. The van der Waals surface area contributed by atoms with Crippen molar-refractivity contribution in [1.82, 2.24) is 5.32 Å². The summed E-state index contributed by atoms with van der Waals surface area (Å²) in [5.74, 6) is -2.25. The molecule has 35 heavy (non-hydrogen) atoms. The van der Waals surface area contributed by atoms with Crippen LogP contribution in [-0.4, -0.2) is 22.8 Å². The SMILES string of the molecule is O=C1NC(=O)N(c2ccccc2F)C(=O)/C1=C\c1ccc(OCc2cccc([N+](=O)[O-])c2)c(Br)c1. The van der Waals surface area contributed by atoms with Gasteiger partial charge in [-0.2, -0.15) is 0 Å².